The van der Waals surface area contributed by atoms with Gasteiger partial charge in [-0.15, -0.1) is 0 Å². The molecule has 0 saturated carbocycles. The lowest BCUT2D eigenvalue weighted by Crippen LogP contribution is -2.32. The third kappa shape index (κ3) is 4.05. The number of anilines is 2. The van der Waals surface area contributed by atoms with Crippen LogP contribution in [0.4, 0.5) is 15.8 Å². The van der Waals surface area contributed by atoms with E-state index in [1.807, 2.05) is 6.92 Å². The first-order valence-corrected chi connectivity index (χ1v) is 10.0. The highest BCUT2D eigenvalue weighted by atomic mass is 19.1. The van der Waals surface area contributed by atoms with Crippen molar-refractivity contribution in [3.63, 3.8) is 0 Å². The van der Waals surface area contributed by atoms with E-state index in [4.69, 9.17) is 9.47 Å². The van der Waals surface area contributed by atoms with Gasteiger partial charge >= 0.3 is 0 Å². The Labute approximate surface area is 184 Å². The Morgan fingerprint density at radius 2 is 1.47 bits per heavy atom. The van der Waals surface area contributed by atoms with E-state index >= 15 is 0 Å². The highest BCUT2D eigenvalue weighted by Gasteiger charge is 2.40. The maximum atomic E-state index is 13.4. The van der Waals surface area contributed by atoms with Crippen molar-refractivity contribution in [2.45, 2.75) is 6.92 Å². The largest absolute Gasteiger partial charge is 0.497 e. The molecule has 0 aromatic heterocycles. The van der Waals surface area contributed by atoms with Crippen LogP contribution in [-0.4, -0.2) is 25.5 Å². The highest BCUT2D eigenvalue weighted by molar-refractivity contribution is 6.46. The van der Waals surface area contributed by atoms with Gasteiger partial charge in [0.2, 0.25) is 0 Å². The van der Waals surface area contributed by atoms with Crippen LogP contribution in [0.1, 0.15) is 12.5 Å². The van der Waals surface area contributed by atoms with Crippen molar-refractivity contribution < 1.29 is 23.5 Å². The number of amides is 2. The van der Waals surface area contributed by atoms with Crippen LogP contribution in [-0.2, 0) is 9.59 Å². The molecule has 1 aliphatic rings. The highest BCUT2D eigenvalue weighted by Crippen LogP contribution is 2.35. The topological polar surface area (TPSA) is 67.9 Å². The third-order valence-corrected chi connectivity index (χ3v) is 4.98. The average Bonchev–Trinajstić information content (AvgIpc) is 3.05. The monoisotopic (exact) mass is 432 g/mol. The fourth-order valence-electron chi connectivity index (χ4n) is 3.44. The summed E-state index contributed by atoms with van der Waals surface area (Å²) in [6, 6.07) is 19.2. The second-order valence-corrected chi connectivity index (χ2v) is 6.98. The Morgan fingerprint density at radius 3 is 2.06 bits per heavy atom. The molecule has 7 heteroatoms. The van der Waals surface area contributed by atoms with Crippen LogP contribution in [0.2, 0.25) is 0 Å². The summed E-state index contributed by atoms with van der Waals surface area (Å²) in [4.78, 5) is 27.9. The van der Waals surface area contributed by atoms with Crippen molar-refractivity contribution in [3.05, 3.63) is 89.9 Å². The molecule has 1 aliphatic heterocycles. The van der Waals surface area contributed by atoms with Gasteiger partial charge in [-0.2, -0.15) is 0 Å². The zero-order valence-electron chi connectivity index (χ0n) is 17.6. The molecule has 2 amide bonds. The predicted molar refractivity (Wildman–Crippen MR) is 120 cm³/mol. The molecular weight excluding hydrogens is 411 g/mol. The van der Waals surface area contributed by atoms with Crippen molar-refractivity contribution in [2.24, 2.45) is 0 Å². The van der Waals surface area contributed by atoms with Gasteiger partial charge in [0, 0.05) is 5.69 Å². The molecule has 4 rings (SSSR count). The standard InChI is InChI=1S/C25H21FN2O4/c1-3-32-21-14-10-19(11-15-21)28-24(29)22(16-4-12-20(31-2)13-5-16)23(25(28)30)27-18-8-6-17(26)7-9-18/h4-15,27H,3H2,1-2H3. The maximum Gasteiger partial charge on any atom is 0.282 e. The zero-order valence-corrected chi connectivity index (χ0v) is 17.6. The van der Waals surface area contributed by atoms with E-state index in [0.717, 1.165) is 4.90 Å². The number of ether oxygens (including phenoxy) is 2. The second-order valence-electron chi connectivity index (χ2n) is 6.98. The van der Waals surface area contributed by atoms with E-state index in [9.17, 15) is 14.0 Å². The molecule has 32 heavy (non-hydrogen) atoms. The molecule has 0 aliphatic carbocycles. The Balaban J connectivity index is 1.75. The number of hydrogen-bond donors (Lipinski definition) is 1. The van der Waals surface area contributed by atoms with Gasteiger partial charge in [0.1, 0.15) is 23.0 Å². The molecule has 0 bridgehead atoms. The smallest absolute Gasteiger partial charge is 0.282 e. The number of benzene rings is 3. The fourth-order valence-corrected chi connectivity index (χ4v) is 3.44. The van der Waals surface area contributed by atoms with E-state index in [1.165, 1.54) is 24.3 Å². The summed E-state index contributed by atoms with van der Waals surface area (Å²) in [5.41, 5.74) is 1.80. The van der Waals surface area contributed by atoms with Gasteiger partial charge in [0.15, 0.2) is 0 Å². The summed E-state index contributed by atoms with van der Waals surface area (Å²) in [6.45, 7) is 2.38. The lowest BCUT2D eigenvalue weighted by molar-refractivity contribution is -0.120. The SMILES string of the molecule is CCOc1ccc(N2C(=O)C(Nc3ccc(F)cc3)=C(c3ccc(OC)cc3)C2=O)cc1. The van der Waals surface area contributed by atoms with Crippen molar-refractivity contribution in [1.29, 1.82) is 0 Å². The minimum Gasteiger partial charge on any atom is -0.497 e. The van der Waals surface area contributed by atoms with Crippen LogP contribution in [0.5, 0.6) is 11.5 Å². The molecule has 3 aromatic carbocycles. The third-order valence-electron chi connectivity index (χ3n) is 4.98. The summed E-state index contributed by atoms with van der Waals surface area (Å²) < 4.78 is 24.0. The van der Waals surface area contributed by atoms with E-state index in [-0.39, 0.29) is 11.3 Å². The number of rotatable bonds is 7. The van der Waals surface area contributed by atoms with Crippen LogP contribution >= 0.6 is 0 Å². The van der Waals surface area contributed by atoms with Gasteiger partial charge in [-0.3, -0.25) is 9.59 Å². The molecule has 0 saturated heterocycles. The molecule has 0 radical (unpaired) electrons. The molecule has 0 spiro atoms. The summed E-state index contributed by atoms with van der Waals surface area (Å²) in [7, 11) is 1.55. The van der Waals surface area contributed by atoms with Crippen molar-refractivity contribution in [2.75, 3.05) is 23.9 Å². The van der Waals surface area contributed by atoms with Gasteiger partial charge in [-0.05, 0) is 73.2 Å². The minimum atomic E-state index is -0.505. The molecule has 6 nitrogen and oxygen atoms in total. The van der Waals surface area contributed by atoms with Crippen LogP contribution in [0.3, 0.4) is 0 Å². The summed E-state index contributed by atoms with van der Waals surface area (Å²) >= 11 is 0. The Kier molecular flexibility index (Phi) is 5.89. The minimum absolute atomic E-state index is 0.112. The predicted octanol–water partition coefficient (Wildman–Crippen LogP) is 4.63. The van der Waals surface area contributed by atoms with Crippen molar-refractivity contribution >= 4 is 28.8 Å². The average molecular weight is 432 g/mol. The molecule has 1 N–H and O–H groups in total. The summed E-state index contributed by atoms with van der Waals surface area (Å²) in [5, 5.41) is 3.00. The fraction of sp³-hybridized carbons (Fsp3) is 0.120. The number of nitrogens with zero attached hydrogens (tertiary/aromatic N) is 1. The summed E-state index contributed by atoms with van der Waals surface area (Å²) in [6.07, 6.45) is 0. The number of methoxy groups -OCH3 is 1. The van der Waals surface area contributed by atoms with Crippen LogP contribution in [0, 0.1) is 5.82 Å². The van der Waals surface area contributed by atoms with Crippen molar-refractivity contribution in [1.82, 2.24) is 0 Å². The van der Waals surface area contributed by atoms with Gasteiger partial charge in [-0.1, -0.05) is 12.1 Å². The molecule has 0 unspecified atom stereocenters. The van der Waals surface area contributed by atoms with Gasteiger partial charge < -0.3 is 14.8 Å². The van der Waals surface area contributed by atoms with Crippen LogP contribution < -0.4 is 19.7 Å². The number of nitrogens with one attached hydrogen (secondary N) is 1. The Bertz CT molecular complexity index is 1170. The molecule has 0 atom stereocenters. The number of carbonyl (C=O) groups excluding carboxylic acids is 2. The number of carbonyl (C=O) groups is 2. The molecule has 3 aromatic rings. The number of imide groups is 1. The second kappa shape index (κ2) is 8.93. The lowest BCUT2D eigenvalue weighted by Gasteiger charge is -2.16. The van der Waals surface area contributed by atoms with E-state index < -0.39 is 17.6 Å². The molecule has 0 fully saturated rings. The Hall–Kier alpha value is -4.13. The van der Waals surface area contributed by atoms with E-state index in [0.29, 0.717) is 35.0 Å². The quantitative estimate of drug-likeness (QED) is 0.552. The summed E-state index contributed by atoms with van der Waals surface area (Å²) in [5.74, 6) is -0.0983. The molecule has 1 heterocycles. The van der Waals surface area contributed by atoms with Crippen LogP contribution in [0.15, 0.2) is 78.5 Å². The lowest BCUT2D eigenvalue weighted by atomic mass is 10.0. The first kappa shape index (κ1) is 21.1. The van der Waals surface area contributed by atoms with Crippen LogP contribution in [0.25, 0.3) is 5.57 Å². The Morgan fingerprint density at radius 1 is 0.844 bits per heavy atom. The van der Waals surface area contributed by atoms with Gasteiger partial charge in [0.05, 0.1) is 25.0 Å². The zero-order chi connectivity index (χ0) is 22.7. The van der Waals surface area contributed by atoms with E-state index in [2.05, 4.69) is 5.32 Å². The van der Waals surface area contributed by atoms with Gasteiger partial charge in [0.25, 0.3) is 11.8 Å². The van der Waals surface area contributed by atoms with Gasteiger partial charge in [-0.25, -0.2) is 9.29 Å². The first-order valence-electron chi connectivity index (χ1n) is 10.0. The van der Waals surface area contributed by atoms with E-state index in [1.54, 1.807) is 55.6 Å². The first-order chi connectivity index (χ1) is 15.5. The molecule has 162 valence electrons. The number of halogens is 1. The number of hydrogen-bond acceptors (Lipinski definition) is 5. The normalized spacial score (nSPS) is 13.5. The van der Waals surface area contributed by atoms with Crippen molar-refractivity contribution in [3.8, 4) is 11.5 Å². The maximum absolute atomic E-state index is 13.4. The molecular formula is C25H21FN2O4.